The molecule has 0 spiro atoms. The molecule has 3 aromatic rings. The Morgan fingerprint density at radius 2 is 1.96 bits per heavy atom. The van der Waals surface area contributed by atoms with Crippen LogP contribution in [0.5, 0.6) is 5.75 Å². The molecule has 0 bridgehead atoms. The summed E-state index contributed by atoms with van der Waals surface area (Å²) in [6, 6.07) is 12.4. The fourth-order valence-electron chi connectivity index (χ4n) is 2.19. The van der Waals surface area contributed by atoms with E-state index in [9.17, 15) is 9.90 Å². The highest BCUT2D eigenvalue weighted by molar-refractivity contribution is 7.98. The normalized spacial score (nSPS) is 10.4. The van der Waals surface area contributed by atoms with Crippen molar-refractivity contribution < 1.29 is 9.90 Å². The maximum Gasteiger partial charge on any atom is 0.258 e. The molecule has 3 rings (SSSR count). The average molecular weight is 351 g/mol. The summed E-state index contributed by atoms with van der Waals surface area (Å²) in [5.74, 6) is 0.593. The van der Waals surface area contributed by atoms with Gasteiger partial charge < -0.3 is 10.4 Å². The zero-order valence-corrected chi connectivity index (χ0v) is 14.5. The predicted molar refractivity (Wildman–Crippen MR) is 98.8 cm³/mol. The van der Waals surface area contributed by atoms with Crippen molar-refractivity contribution in [3.05, 3.63) is 77.7 Å². The van der Waals surface area contributed by atoms with E-state index >= 15 is 0 Å². The highest BCUT2D eigenvalue weighted by atomic mass is 32.2. The minimum absolute atomic E-state index is 0.149. The molecule has 0 aliphatic heterocycles. The highest BCUT2D eigenvalue weighted by Gasteiger charge is 2.13. The Hall–Kier alpha value is -2.86. The van der Waals surface area contributed by atoms with Crippen molar-refractivity contribution >= 4 is 23.4 Å². The lowest BCUT2D eigenvalue weighted by molar-refractivity contribution is 0.102. The molecular weight excluding hydrogens is 334 g/mol. The third-order valence-electron chi connectivity index (χ3n) is 3.61. The van der Waals surface area contributed by atoms with Crippen molar-refractivity contribution in [1.29, 1.82) is 0 Å². The molecule has 0 aliphatic carbocycles. The predicted octanol–water partition coefficient (Wildman–Crippen LogP) is 4.04. The average Bonchev–Trinajstić information content (AvgIpc) is 2.64. The van der Waals surface area contributed by atoms with Crippen LogP contribution in [0.2, 0.25) is 0 Å². The number of aromatic nitrogens is 2. The minimum atomic E-state index is -0.256. The van der Waals surface area contributed by atoms with Crippen molar-refractivity contribution in [3.8, 4) is 5.75 Å². The van der Waals surface area contributed by atoms with E-state index in [0.29, 0.717) is 22.0 Å². The Morgan fingerprint density at radius 1 is 1.16 bits per heavy atom. The Balaban J connectivity index is 1.75. The molecule has 2 aromatic heterocycles. The third-order valence-corrected chi connectivity index (χ3v) is 4.68. The van der Waals surface area contributed by atoms with Crippen LogP contribution in [0.15, 0.2) is 66.1 Å². The molecule has 5 nitrogen and oxygen atoms in total. The van der Waals surface area contributed by atoms with Crippen LogP contribution in [0.25, 0.3) is 0 Å². The van der Waals surface area contributed by atoms with Crippen LogP contribution in [0.4, 0.5) is 5.69 Å². The van der Waals surface area contributed by atoms with E-state index in [2.05, 4.69) is 15.3 Å². The first kappa shape index (κ1) is 17.0. The molecule has 1 amide bonds. The SMILES string of the molecule is Cc1ccc(NC(=O)c2cccnc2SCc2ccncc2)cc1O. The van der Waals surface area contributed by atoms with E-state index in [1.807, 2.05) is 12.1 Å². The number of aryl methyl sites for hydroxylation is 1. The topological polar surface area (TPSA) is 75.1 Å². The maximum atomic E-state index is 12.6. The van der Waals surface area contributed by atoms with Gasteiger partial charge in [-0.1, -0.05) is 6.07 Å². The second-order valence-electron chi connectivity index (χ2n) is 5.46. The number of carbonyl (C=O) groups is 1. The zero-order valence-electron chi connectivity index (χ0n) is 13.6. The summed E-state index contributed by atoms with van der Waals surface area (Å²) in [6.07, 6.45) is 5.15. The van der Waals surface area contributed by atoms with Crippen LogP contribution in [-0.4, -0.2) is 21.0 Å². The standard InChI is InChI=1S/C19H17N3O2S/c1-13-4-5-15(11-17(13)23)22-18(24)16-3-2-8-21-19(16)25-12-14-6-9-20-10-7-14/h2-11,23H,12H2,1H3,(H,22,24). The Bertz CT molecular complexity index is 885. The number of nitrogens with one attached hydrogen (secondary N) is 1. The molecule has 1 aromatic carbocycles. The summed E-state index contributed by atoms with van der Waals surface area (Å²) >= 11 is 1.50. The lowest BCUT2D eigenvalue weighted by Gasteiger charge is -2.10. The van der Waals surface area contributed by atoms with E-state index in [0.717, 1.165) is 11.1 Å². The van der Waals surface area contributed by atoms with Gasteiger partial charge in [-0.2, -0.15) is 0 Å². The molecule has 0 atom stereocenters. The molecule has 6 heteroatoms. The summed E-state index contributed by atoms with van der Waals surface area (Å²) < 4.78 is 0. The fraction of sp³-hybridized carbons (Fsp3) is 0.105. The number of pyridine rings is 2. The summed E-state index contributed by atoms with van der Waals surface area (Å²) in [7, 11) is 0. The smallest absolute Gasteiger partial charge is 0.258 e. The van der Waals surface area contributed by atoms with Crippen LogP contribution < -0.4 is 5.32 Å². The van der Waals surface area contributed by atoms with Gasteiger partial charge in [0.2, 0.25) is 0 Å². The Morgan fingerprint density at radius 3 is 2.72 bits per heavy atom. The van der Waals surface area contributed by atoms with Crippen molar-refractivity contribution in [1.82, 2.24) is 9.97 Å². The summed E-state index contributed by atoms with van der Waals surface area (Å²) in [4.78, 5) is 20.9. The first-order valence-electron chi connectivity index (χ1n) is 7.71. The number of hydrogen-bond acceptors (Lipinski definition) is 5. The lowest BCUT2D eigenvalue weighted by atomic mass is 10.2. The molecule has 2 N–H and O–H groups in total. The van der Waals surface area contributed by atoms with Crippen molar-refractivity contribution in [2.75, 3.05) is 5.32 Å². The van der Waals surface area contributed by atoms with Crippen LogP contribution in [0, 0.1) is 6.92 Å². The summed E-state index contributed by atoms with van der Waals surface area (Å²) in [5, 5.41) is 13.2. The van der Waals surface area contributed by atoms with Crippen molar-refractivity contribution in [2.24, 2.45) is 0 Å². The second kappa shape index (κ2) is 7.81. The summed E-state index contributed by atoms with van der Waals surface area (Å²) in [6.45, 7) is 1.80. The van der Waals surface area contributed by atoms with E-state index in [-0.39, 0.29) is 11.7 Å². The third kappa shape index (κ3) is 4.36. The fourth-order valence-corrected chi connectivity index (χ4v) is 3.14. The Labute approximate surface area is 150 Å². The first-order chi connectivity index (χ1) is 12.1. The van der Waals surface area contributed by atoms with Gasteiger partial charge in [-0.15, -0.1) is 11.8 Å². The van der Waals surface area contributed by atoms with Gasteiger partial charge in [0.05, 0.1) is 5.56 Å². The van der Waals surface area contributed by atoms with Gasteiger partial charge in [0.25, 0.3) is 5.91 Å². The van der Waals surface area contributed by atoms with Crippen molar-refractivity contribution in [3.63, 3.8) is 0 Å². The van der Waals surface area contributed by atoms with E-state index in [1.54, 1.807) is 49.8 Å². The monoisotopic (exact) mass is 351 g/mol. The largest absolute Gasteiger partial charge is 0.508 e. The number of amides is 1. The molecule has 0 fully saturated rings. The van der Waals surface area contributed by atoms with Crippen LogP contribution in [0.1, 0.15) is 21.5 Å². The first-order valence-corrected chi connectivity index (χ1v) is 8.70. The quantitative estimate of drug-likeness (QED) is 0.679. The number of benzene rings is 1. The van der Waals surface area contributed by atoms with Gasteiger partial charge in [-0.3, -0.25) is 9.78 Å². The van der Waals surface area contributed by atoms with Gasteiger partial charge in [0, 0.05) is 36.1 Å². The second-order valence-corrected chi connectivity index (χ2v) is 6.42. The van der Waals surface area contributed by atoms with Gasteiger partial charge in [0.15, 0.2) is 0 Å². The number of phenols is 1. The minimum Gasteiger partial charge on any atom is -0.508 e. The molecule has 0 saturated carbocycles. The number of rotatable bonds is 5. The number of anilines is 1. The highest BCUT2D eigenvalue weighted by Crippen LogP contribution is 2.26. The number of thioether (sulfide) groups is 1. The molecule has 0 unspecified atom stereocenters. The molecular formula is C19H17N3O2S. The van der Waals surface area contributed by atoms with E-state index < -0.39 is 0 Å². The summed E-state index contributed by atoms with van der Waals surface area (Å²) in [5.41, 5.74) is 2.91. The number of aromatic hydroxyl groups is 1. The molecule has 2 heterocycles. The van der Waals surface area contributed by atoms with E-state index in [4.69, 9.17) is 0 Å². The number of phenolic OH excluding ortho intramolecular Hbond substituents is 1. The van der Waals surface area contributed by atoms with Crippen LogP contribution in [0.3, 0.4) is 0 Å². The van der Waals surface area contributed by atoms with Crippen molar-refractivity contribution in [2.45, 2.75) is 17.7 Å². The van der Waals surface area contributed by atoms with E-state index in [1.165, 1.54) is 17.8 Å². The van der Waals surface area contributed by atoms with Gasteiger partial charge in [0.1, 0.15) is 10.8 Å². The molecule has 0 aliphatic rings. The molecule has 0 radical (unpaired) electrons. The zero-order chi connectivity index (χ0) is 17.6. The van der Waals surface area contributed by atoms with Crippen LogP contribution >= 0.6 is 11.8 Å². The molecule has 0 saturated heterocycles. The van der Waals surface area contributed by atoms with Gasteiger partial charge in [-0.05, 0) is 48.4 Å². The molecule has 25 heavy (non-hydrogen) atoms. The molecule has 126 valence electrons. The maximum absolute atomic E-state index is 12.6. The van der Waals surface area contributed by atoms with Gasteiger partial charge >= 0.3 is 0 Å². The number of hydrogen-bond donors (Lipinski definition) is 2. The number of carbonyl (C=O) groups excluding carboxylic acids is 1. The van der Waals surface area contributed by atoms with Gasteiger partial charge in [-0.25, -0.2) is 4.98 Å². The Kier molecular flexibility index (Phi) is 5.30. The number of nitrogens with zero attached hydrogens (tertiary/aromatic N) is 2. The lowest BCUT2D eigenvalue weighted by Crippen LogP contribution is -2.13. The van der Waals surface area contributed by atoms with Crippen LogP contribution in [-0.2, 0) is 5.75 Å².